The molecule has 20 heavy (non-hydrogen) atoms. The summed E-state index contributed by atoms with van der Waals surface area (Å²) < 4.78 is 5.56. The molecule has 0 aromatic heterocycles. The van der Waals surface area contributed by atoms with Gasteiger partial charge in [0.1, 0.15) is 5.75 Å². The third kappa shape index (κ3) is 3.67. The number of halogens is 1. The van der Waals surface area contributed by atoms with Gasteiger partial charge >= 0.3 is 0 Å². The van der Waals surface area contributed by atoms with E-state index in [9.17, 15) is 0 Å². The van der Waals surface area contributed by atoms with Crippen LogP contribution >= 0.6 is 11.6 Å². The molecule has 1 unspecified atom stereocenters. The van der Waals surface area contributed by atoms with Crippen molar-refractivity contribution in [2.45, 2.75) is 39.0 Å². The fraction of sp³-hybridized carbons (Fsp3) is 0.647. The first-order valence-electron chi connectivity index (χ1n) is 7.52. The molecule has 0 amide bonds. The predicted molar refractivity (Wildman–Crippen MR) is 85.9 cm³/mol. The van der Waals surface area contributed by atoms with Gasteiger partial charge in [-0.2, -0.15) is 0 Å². The number of hydrogen-bond donors (Lipinski definition) is 0. The number of rotatable bonds is 4. The second-order valence-electron chi connectivity index (χ2n) is 6.15. The minimum absolute atomic E-state index is 0.00282. The molecule has 0 spiro atoms. The van der Waals surface area contributed by atoms with Crippen LogP contribution in [-0.4, -0.2) is 31.6 Å². The summed E-state index contributed by atoms with van der Waals surface area (Å²) in [6.45, 7) is 9.77. The van der Waals surface area contributed by atoms with E-state index in [1.54, 1.807) is 7.11 Å². The molecule has 1 aliphatic heterocycles. The topological polar surface area (TPSA) is 12.5 Å². The Kier molecular flexibility index (Phi) is 5.34. The maximum absolute atomic E-state index is 6.68. The number of methoxy groups -OCH3 is 1. The van der Waals surface area contributed by atoms with Crippen molar-refractivity contribution in [2.75, 3.05) is 26.7 Å². The number of ether oxygens (including phenoxy) is 1. The van der Waals surface area contributed by atoms with Gasteiger partial charge in [0.25, 0.3) is 0 Å². The van der Waals surface area contributed by atoms with Crippen molar-refractivity contribution in [3.63, 3.8) is 0 Å². The molecule has 1 aliphatic rings. The Labute approximate surface area is 128 Å². The van der Waals surface area contributed by atoms with Gasteiger partial charge in [0.15, 0.2) is 0 Å². The van der Waals surface area contributed by atoms with E-state index < -0.39 is 0 Å². The van der Waals surface area contributed by atoms with Gasteiger partial charge in [-0.1, -0.05) is 24.6 Å². The van der Waals surface area contributed by atoms with Crippen LogP contribution in [0.15, 0.2) is 12.1 Å². The van der Waals surface area contributed by atoms with E-state index in [0.717, 1.165) is 36.9 Å². The summed E-state index contributed by atoms with van der Waals surface area (Å²) in [4.78, 5) is 2.48. The number of likely N-dealkylation sites (tertiary alicyclic amines) is 1. The Bertz CT molecular complexity index is 453. The van der Waals surface area contributed by atoms with Gasteiger partial charge in [-0.25, -0.2) is 0 Å². The molecule has 2 nitrogen and oxygen atoms in total. The fourth-order valence-electron chi connectivity index (χ4n) is 3.07. The fourth-order valence-corrected chi connectivity index (χ4v) is 3.43. The number of nitrogens with zero attached hydrogens (tertiary/aromatic N) is 1. The number of benzene rings is 1. The van der Waals surface area contributed by atoms with Crippen molar-refractivity contribution in [1.82, 2.24) is 4.90 Å². The minimum atomic E-state index is -0.00282. The monoisotopic (exact) mass is 295 g/mol. The SMILES string of the molecule is COc1c(C)cc(C)cc1C(Cl)CN1CCC(C)CC1. The van der Waals surface area contributed by atoms with Gasteiger partial charge < -0.3 is 9.64 Å². The first-order valence-corrected chi connectivity index (χ1v) is 7.96. The molecule has 3 heteroatoms. The second-order valence-corrected chi connectivity index (χ2v) is 6.68. The lowest BCUT2D eigenvalue weighted by Gasteiger charge is -2.32. The molecule has 1 aromatic rings. The van der Waals surface area contributed by atoms with Crippen LogP contribution in [0.3, 0.4) is 0 Å². The molecule has 0 saturated carbocycles. The van der Waals surface area contributed by atoms with Crippen LogP contribution < -0.4 is 4.74 Å². The average molecular weight is 296 g/mol. The van der Waals surface area contributed by atoms with Crippen LogP contribution in [0, 0.1) is 19.8 Å². The van der Waals surface area contributed by atoms with Gasteiger partial charge in [-0.05, 0) is 51.3 Å². The molecule has 0 radical (unpaired) electrons. The van der Waals surface area contributed by atoms with Crippen LogP contribution in [-0.2, 0) is 0 Å². The standard InChI is InChI=1S/C17H26ClNO/c1-12-5-7-19(8-6-12)11-16(18)15-10-13(2)9-14(3)17(15)20-4/h9-10,12,16H,5-8,11H2,1-4H3. The van der Waals surface area contributed by atoms with E-state index in [-0.39, 0.29) is 5.38 Å². The molecule has 0 N–H and O–H groups in total. The average Bonchev–Trinajstić information content (AvgIpc) is 2.40. The first kappa shape index (κ1) is 15.7. The summed E-state index contributed by atoms with van der Waals surface area (Å²) in [7, 11) is 1.73. The highest BCUT2D eigenvalue weighted by atomic mass is 35.5. The highest BCUT2D eigenvalue weighted by Crippen LogP contribution is 2.34. The van der Waals surface area contributed by atoms with Crippen molar-refractivity contribution >= 4 is 11.6 Å². The summed E-state index contributed by atoms with van der Waals surface area (Å²) in [6, 6.07) is 4.31. The lowest BCUT2D eigenvalue weighted by Crippen LogP contribution is -2.35. The van der Waals surface area contributed by atoms with E-state index >= 15 is 0 Å². The molecule has 1 atom stereocenters. The van der Waals surface area contributed by atoms with Crippen LogP contribution in [0.1, 0.15) is 41.8 Å². The predicted octanol–water partition coefficient (Wildman–Crippen LogP) is 4.32. The molecule has 1 heterocycles. The third-order valence-electron chi connectivity index (χ3n) is 4.28. The van der Waals surface area contributed by atoms with Gasteiger partial charge in [0.2, 0.25) is 0 Å². The normalized spacial score (nSPS) is 19.1. The van der Waals surface area contributed by atoms with E-state index in [2.05, 4.69) is 37.8 Å². The Morgan fingerprint density at radius 3 is 2.55 bits per heavy atom. The highest BCUT2D eigenvalue weighted by Gasteiger charge is 2.22. The van der Waals surface area contributed by atoms with Crippen LogP contribution in [0.5, 0.6) is 5.75 Å². The van der Waals surface area contributed by atoms with Crippen molar-refractivity contribution in [3.05, 3.63) is 28.8 Å². The summed E-state index contributed by atoms with van der Waals surface area (Å²) in [5.74, 6) is 1.80. The molecular formula is C17H26ClNO. The highest BCUT2D eigenvalue weighted by molar-refractivity contribution is 6.21. The van der Waals surface area contributed by atoms with Crippen LogP contribution in [0.2, 0.25) is 0 Å². The van der Waals surface area contributed by atoms with Gasteiger partial charge in [0, 0.05) is 12.1 Å². The molecule has 1 fully saturated rings. The first-order chi connectivity index (χ1) is 9.51. The summed E-state index contributed by atoms with van der Waals surface area (Å²) in [6.07, 6.45) is 2.57. The number of piperidine rings is 1. The zero-order chi connectivity index (χ0) is 14.7. The lowest BCUT2D eigenvalue weighted by molar-refractivity contribution is 0.192. The Balaban J connectivity index is 2.10. The minimum Gasteiger partial charge on any atom is -0.496 e. The maximum Gasteiger partial charge on any atom is 0.126 e. The largest absolute Gasteiger partial charge is 0.496 e. The Hall–Kier alpha value is -0.730. The Morgan fingerprint density at radius 2 is 1.95 bits per heavy atom. The quantitative estimate of drug-likeness (QED) is 0.767. The van der Waals surface area contributed by atoms with E-state index in [1.807, 2.05) is 0 Å². The van der Waals surface area contributed by atoms with Crippen molar-refractivity contribution < 1.29 is 4.74 Å². The summed E-state index contributed by atoms with van der Waals surface area (Å²) in [5, 5.41) is -0.00282. The molecular weight excluding hydrogens is 270 g/mol. The lowest BCUT2D eigenvalue weighted by atomic mass is 9.98. The van der Waals surface area contributed by atoms with Crippen LogP contribution in [0.25, 0.3) is 0 Å². The summed E-state index contributed by atoms with van der Waals surface area (Å²) in [5.41, 5.74) is 3.54. The molecule has 0 aliphatic carbocycles. The van der Waals surface area contributed by atoms with Crippen LogP contribution in [0.4, 0.5) is 0 Å². The van der Waals surface area contributed by atoms with E-state index in [1.165, 1.54) is 24.0 Å². The van der Waals surface area contributed by atoms with Crippen molar-refractivity contribution in [3.8, 4) is 5.75 Å². The molecule has 0 bridgehead atoms. The van der Waals surface area contributed by atoms with E-state index in [4.69, 9.17) is 16.3 Å². The van der Waals surface area contributed by atoms with Crippen molar-refractivity contribution in [1.29, 1.82) is 0 Å². The maximum atomic E-state index is 6.68. The molecule has 1 saturated heterocycles. The molecule has 112 valence electrons. The number of alkyl halides is 1. The van der Waals surface area contributed by atoms with Gasteiger partial charge in [0.05, 0.1) is 12.5 Å². The third-order valence-corrected chi connectivity index (χ3v) is 4.66. The smallest absolute Gasteiger partial charge is 0.126 e. The number of hydrogen-bond acceptors (Lipinski definition) is 2. The second kappa shape index (κ2) is 6.82. The zero-order valence-electron chi connectivity index (χ0n) is 13.1. The van der Waals surface area contributed by atoms with Gasteiger partial charge in [-0.3, -0.25) is 0 Å². The van der Waals surface area contributed by atoms with E-state index in [0.29, 0.717) is 0 Å². The molecule has 2 rings (SSSR count). The number of aryl methyl sites for hydroxylation is 2. The Morgan fingerprint density at radius 1 is 1.30 bits per heavy atom. The van der Waals surface area contributed by atoms with Crippen molar-refractivity contribution in [2.24, 2.45) is 5.92 Å². The summed E-state index contributed by atoms with van der Waals surface area (Å²) >= 11 is 6.68. The van der Waals surface area contributed by atoms with Gasteiger partial charge in [-0.15, -0.1) is 11.6 Å². The zero-order valence-corrected chi connectivity index (χ0v) is 13.8. The molecule has 1 aromatic carbocycles.